The predicted molar refractivity (Wildman–Crippen MR) is 480 cm³/mol. The van der Waals surface area contributed by atoms with Crippen molar-refractivity contribution in [3.05, 3.63) is 321 Å². The van der Waals surface area contributed by atoms with Gasteiger partial charge < -0.3 is 22.1 Å². The van der Waals surface area contributed by atoms with E-state index in [0.717, 1.165) is 116 Å². The van der Waals surface area contributed by atoms with Crippen LogP contribution >= 0.6 is 0 Å². The topological polar surface area (TPSA) is 98.0 Å². The molecule has 20 aromatic rings. The first kappa shape index (κ1) is 55.4. The summed E-state index contributed by atoms with van der Waals surface area (Å²) in [6, 6.07) is 62.2. The molecule has 0 aliphatic carbocycles. The fourth-order valence-electron chi connectivity index (χ4n) is 16.4. The summed E-state index contributed by atoms with van der Waals surface area (Å²) >= 11 is 0. The predicted octanol–water partition coefficient (Wildman–Crippen LogP) is 25.2. The Kier molecular flexibility index (Phi) is 14.8. The maximum Gasteiger partial charge on any atom is 0.227 e. The molecule has 1 unspecified atom stereocenters. The van der Waals surface area contributed by atoms with Gasteiger partial charge in [-0.15, -0.1) is 0 Å². The van der Waals surface area contributed by atoms with E-state index in [1.165, 1.54) is 18.1 Å². The van der Waals surface area contributed by atoms with E-state index in [0.29, 0.717) is 94.3 Å². The quantitative estimate of drug-likeness (QED) is 0.154. The van der Waals surface area contributed by atoms with Crippen LogP contribution in [0.1, 0.15) is 133 Å². The molecule has 11 heterocycles. The van der Waals surface area contributed by atoms with Gasteiger partial charge in [-0.2, -0.15) is 0 Å². The number of furan rings is 5. The summed E-state index contributed by atoms with van der Waals surface area (Å²) in [7, 11) is 9.32. The fraction of sp³-hybridized carbons (Fsp3) is 0.208. The highest BCUT2D eigenvalue weighted by molar-refractivity contribution is 6.15. The Balaban J connectivity index is 0.000000126. The number of nitrogens with zero attached hydrogens (tertiary/aromatic N) is 6. The Morgan fingerprint density at radius 3 is 1.15 bits per heavy atom. The van der Waals surface area contributed by atoms with E-state index in [1.54, 1.807) is 110 Å². The lowest BCUT2D eigenvalue weighted by Gasteiger charge is -2.10. The molecule has 0 aliphatic rings. The second kappa shape index (κ2) is 31.2. The number of aryl methyl sites for hydroxylation is 19. The van der Waals surface area contributed by atoms with Gasteiger partial charge in [0.25, 0.3) is 0 Å². The molecule has 0 fully saturated rings. The summed E-state index contributed by atoms with van der Waals surface area (Å²) in [5, 5.41) is 8.26. The molecule has 117 heavy (non-hydrogen) atoms. The Morgan fingerprint density at radius 2 is 0.701 bits per heavy atom. The van der Waals surface area contributed by atoms with Crippen molar-refractivity contribution in [2.75, 3.05) is 0 Å². The SMILES string of the molecule is Cc1ccc2c(oc3ncccc32)c1-c1cccc[n+]1C.[2H]C([2H])([2H])c1c[n+](C)c(-c2c(C)cc(C([2H])([2H])[2H])c3c2oc2ccccc23)cc1C.[2H]C([2H])([2H])c1c[n+](C)c(-c2c(C)cc(C)c3c2oc2ccccc23)cc1C.[2H]C([2H])([2H])c1cc(C)c(-c2cc(C([2H])(C)C([2H])([2H])[2H])cc[n+]2C)c2oc3ccccc3c12.[2H]C([2H])([2H])c1ccc(-c2c(C)cc(C([2H])([2H])[2H])c3c2oc2ccccc23)[n+](C)c1. The van der Waals surface area contributed by atoms with Crippen molar-refractivity contribution in [2.45, 2.75) is 116 Å². The molecule has 0 amide bonds. The molecular weight excluding hydrogens is 1440 g/mol. The molecule has 11 heteroatoms. The van der Waals surface area contributed by atoms with E-state index in [-0.39, 0.29) is 27.8 Å². The van der Waals surface area contributed by atoms with Gasteiger partial charge in [-0.1, -0.05) is 123 Å². The summed E-state index contributed by atoms with van der Waals surface area (Å²) < 4.78 is 214. The van der Waals surface area contributed by atoms with Gasteiger partial charge in [0.2, 0.25) is 34.2 Å². The Bertz CT molecular complexity index is 8300. The van der Waals surface area contributed by atoms with Gasteiger partial charge in [0, 0.05) is 149 Å². The van der Waals surface area contributed by atoms with E-state index in [4.69, 9.17) is 52.2 Å². The number of benzene rings is 9. The number of pyridine rings is 6. The van der Waals surface area contributed by atoms with Gasteiger partial charge in [-0.3, -0.25) is 0 Å². The third-order valence-corrected chi connectivity index (χ3v) is 22.2. The second-order valence-electron chi connectivity index (χ2n) is 30.4. The summed E-state index contributed by atoms with van der Waals surface area (Å²) in [6.45, 7) is 0.814. The van der Waals surface area contributed by atoms with Crippen LogP contribution in [0.4, 0.5) is 0 Å². The zero-order valence-electron chi connectivity index (χ0n) is 89.7. The number of fused-ring (bicyclic) bond motifs is 15. The number of hydrogen-bond acceptors (Lipinski definition) is 6. The number of rotatable bonds is 6. The van der Waals surface area contributed by atoms with Gasteiger partial charge in [0.1, 0.15) is 79.9 Å². The minimum Gasteiger partial charge on any atom is -0.455 e. The van der Waals surface area contributed by atoms with Crippen molar-refractivity contribution in [2.24, 2.45) is 35.2 Å². The van der Waals surface area contributed by atoms with E-state index < -0.39 is 53.9 Å². The first-order chi connectivity index (χ1) is 65.0. The zero-order chi connectivity index (χ0) is 101. The molecule has 9 aromatic carbocycles. The Labute approximate surface area is 715 Å². The molecule has 11 nitrogen and oxygen atoms in total. The zero-order valence-corrected chi connectivity index (χ0v) is 67.7. The second-order valence-corrected chi connectivity index (χ2v) is 30.4. The molecule has 0 saturated heterocycles. The van der Waals surface area contributed by atoms with Crippen LogP contribution in [0, 0.1) is 96.5 Å². The maximum absolute atomic E-state index is 8.50. The monoisotopic (exact) mass is 1560 g/mol. The highest BCUT2D eigenvalue weighted by Gasteiger charge is 2.29. The van der Waals surface area contributed by atoms with Gasteiger partial charge in [-0.05, 0) is 218 Å². The molecule has 0 saturated carbocycles. The molecule has 20 rings (SSSR count). The minimum absolute atomic E-state index is 0.213. The lowest BCUT2D eigenvalue weighted by atomic mass is 9.95. The summed E-state index contributed by atoms with van der Waals surface area (Å²) in [6.07, 6.45) is 10.4. The molecule has 0 N–H and O–H groups in total. The maximum atomic E-state index is 8.50. The average molecular weight is 1560 g/mol. The van der Waals surface area contributed by atoms with E-state index >= 15 is 0 Å². The van der Waals surface area contributed by atoms with Crippen molar-refractivity contribution < 1.29 is 75.1 Å². The highest BCUT2D eigenvalue weighted by Crippen LogP contribution is 2.45. The Morgan fingerprint density at radius 1 is 0.299 bits per heavy atom. The first-order valence-electron chi connectivity index (χ1n) is 49.6. The number of hydrogen-bond donors (Lipinski definition) is 0. The van der Waals surface area contributed by atoms with Gasteiger partial charge in [0.15, 0.2) is 36.6 Å². The van der Waals surface area contributed by atoms with Crippen molar-refractivity contribution >= 4 is 110 Å². The smallest absolute Gasteiger partial charge is 0.227 e. The summed E-state index contributed by atoms with van der Waals surface area (Å²) in [5.74, 6) is -1.81. The van der Waals surface area contributed by atoms with Crippen LogP contribution in [-0.4, -0.2) is 4.98 Å². The lowest BCUT2D eigenvalue weighted by Crippen LogP contribution is -2.31. The molecular formula is C106H103N6O5+5. The third kappa shape index (κ3) is 14.2. The van der Waals surface area contributed by atoms with Crippen LogP contribution < -0.4 is 22.8 Å². The van der Waals surface area contributed by atoms with Gasteiger partial charge in [-0.25, -0.2) is 27.8 Å². The van der Waals surface area contributed by atoms with Crippen LogP contribution in [0.5, 0.6) is 0 Å². The van der Waals surface area contributed by atoms with Gasteiger partial charge in [0.05, 0.1) is 27.8 Å². The summed E-state index contributed by atoms with van der Waals surface area (Å²) in [5.41, 5.74) is 24.1. The van der Waals surface area contributed by atoms with Crippen molar-refractivity contribution in [1.29, 1.82) is 0 Å². The van der Waals surface area contributed by atoms with Crippen LogP contribution in [0.2, 0.25) is 0 Å². The molecule has 0 spiro atoms. The highest BCUT2D eigenvalue weighted by atomic mass is 16.3. The normalized spacial score (nSPS) is 15.6. The van der Waals surface area contributed by atoms with Crippen LogP contribution in [0.25, 0.3) is 166 Å². The van der Waals surface area contributed by atoms with Gasteiger partial charge >= 0.3 is 0 Å². The number of para-hydroxylation sites is 4. The van der Waals surface area contributed by atoms with Crippen molar-refractivity contribution in [1.82, 2.24) is 4.98 Å². The molecule has 0 radical (unpaired) electrons. The molecule has 0 aliphatic heterocycles. The molecule has 0 bridgehead atoms. The standard InChI is InChI=1S/C23H24NO.2C22H22NO.C21H20NO.C18H15N2O/c1-14(2)17-10-11-24(5)19(13-17)22-16(4)12-15(3)21-18-8-6-7-9-20(18)25-23(21)22;2*1-13-11-18(23(5)12-16(13)4)21-15(3)10-14(2)20-17-8-6-7-9-19(17)24-22(20)21;1-13-9-10-17(22(4)12-13)20-15(3)11-14(2)19-16-7-5-6-8-18(16)23-21(19)20;1-12-8-9-13-14-6-5-10-19-18(14)21-17(13)16(12)15-7-3-4-11-20(15)2/h6-14H,1-5H3;2*6-12H,1-5H3;5-12H,1-4H3;3-11H,1-2H3/q5*+1/i1D3,3D3,14D;2D3,4D3;4D3;1D3,2D3;. The largest absolute Gasteiger partial charge is 0.455 e. The van der Waals surface area contributed by atoms with E-state index in [1.807, 2.05) is 160 Å². The van der Waals surface area contributed by atoms with Crippen molar-refractivity contribution in [3.8, 4) is 56.3 Å². The average Bonchev–Trinajstić information content (AvgIpc) is 1.61. The molecule has 11 aromatic heterocycles. The molecule has 1 atom stereocenters. The fourth-order valence-corrected chi connectivity index (χ4v) is 16.4. The van der Waals surface area contributed by atoms with Crippen LogP contribution in [0.3, 0.4) is 0 Å². The van der Waals surface area contributed by atoms with Crippen LogP contribution in [0.15, 0.2) is 259 Å². The third-order valence-electron chi connectivity index (χ3n) is 22.2. The van der Waals surface area contributed by atoms with E-state index in [2.05, 4.69) is 86.0 Å². The Hall–Kier alpha value is -13.1. The first-order valence-corrected chi connectivity index (χ1v) is 38.6. The van der Waals surface area contributed by atoms with E-state index in [9.17, 15) is 0 Å². The lowest BCUT2D eigenvalue weighted by molar-refractivity contribution is -0.660. The number of aromatic nitrogens is 6. The van der Waals surface area contributed by atoms with Crippen molar-refractivity contribution in [3.63, 3.8) is 0 Å². The molecule has 582 valence electrons. The summed E-state index contributed by atoms with van der Waals surface area (Å²) in [4.78, 5) is 4.33. The van der Waals surface area contributed by atoms with Crippen LogP contribution in [-0.2, 0) is 35.2 Å². The minimum atomic E-state index is -2.51.